The van der Waals surface area contributed by atoms with Gasteiger partial charge >= 0.3 is 6.03 Å². The van der Waals surface area contributed by atoms with Gasteiger partial charge in [-0.25, -0.2) is 9.18 Å². The zero-order chi connectivity index (χ0) is 22.1. The Hall–Kier alpha value is -3.39. The number of halogens is 1. The van der Waals surface area contributed by atoms with Crippen molar-refractivity contribution in [3.05, 3.63) is 66.2 Å². The van der Waals surface area contributed by atoms with Crippen molar-refractivity contribution in [3.8, 4) is 16.9 Å². The number of hydrogen-bond acceptors (Lipinski definition) is 4. The molecule has 5 rings (SSSR count). The number of nitrogens with one attached hydrogen (secondary N) is 1. The smallest absolute Gasteiger partial charge is 0.325 e. The van der Waals surface area contributed by atoms with Gasteiger partial charge in [0.15, 0.2) is 0 Å². The summed E-state index contributed by atoms with van der Waals surface area (Å²) in [5, 5.41) is 6.81. The largest absolute Gasteiger partial charge is 0.496 e. The Bertz CT molecular complexity index is 1090. The first-order valence-electron chi connectivity index (χ1n) is 10.7. The summed E-state index contributed by atoms with van der Waals surface area (Å²) in [5.74, 6) is 0.0846. The Kier molecular flexibility index (Phi) is 5.30. The first-order valence-corrected chi connectivity index (χ1v) is 10.7. The summed E-state index contributed by atoms with van der Waals surface area (Å²) in [6, 6.07) is 12.3. The Labute approximate surface area is 185 Å². The van der Waals surface area contributed by atoms with Crippen LogP contribution in [0.25, 0.3) is 11.1 Å². The van der Waals surface area contributed by atoms with Crippen molar-refractivity contribution in [1.82, 2.24) is 15.1 Å². The number of anilines is 1. The van der Waals surface area contributed by atoms with Crippen LogP contribution in [0.4, 0.5) is 14.9 Å². The number of methoxy groups -OCH3 is 1. The number of aromatic nitrogens is 2. The van der Waals surface area contributed by atoms with E-state index < -0.39 is 0 Å². The molecule has 0 atom stereocenters. The van der Waals surface area contributed by atoms with E-state index in [0.29, 0.717) is 32.1 Å². The Morgan fingerprint density at radius 3 is 2.62 bits per heavy atom. The zero-order valence-electron chi connectivity index (χ0n) is 17.9. The van der Waals surface area contributed by atoms with Crippen LogP contribution in [0.3, 0.4) is 0 Å². The third kappa shape index (κ3) is 3.60. The fraction of sp³-hybridized carbons (Fsp3) is 0.333. The van der Waals surface area contributed by atoms with Gasteiger partial charge < -0.3 is 14.4 Å². The van der Waals surface area contributed by atoms with Crippen molar-refractivity contribution in [2.24, 2.45) is 0 Å². The Morgan fingerprint density at radius 2 is 1.94 bits per heavy atom. The fourth-order valence-electron chi connectivity index (χ4n) is 4.67. The predicted octanol–water partition coefficient (Wildman–Crippen LogP) is 4.22. The number of ether oxygens (including phenoxy) is 2. The molecular formula is C24H25FN4O3. The van der Waals surface area contributed by atoms with Crippen molar-refractivity contribution in [2.45, 2.75) is 24.9 Å². The number of benzene rings is 2. The monoisotopic (exact) mass is 436 g/mol. The van der Waals surface area contributed by atoms with Crippen LogP contribution in [-0.2, 0) is 11.3 Å². The maximum Gasteiger partial charge on any atom is 0.325 e. The van der Waals surface area contributed by atoms with E-state index in [0.717, 1.165) is 35.2 Å². The number of urea groups is 1. The molecular weight excluding hydrogens is 411 g/mol. The average molecular weight is 436 g/mol. The number of H-pyrrole nitrogens is 1. The summed E-state index contributed by atoms with van der Waals surface area (Å²) in [4.78, 5) is 17.4. The van der Waals surface area contributed by atoms with Crippen LogP contribution in [0.1, 0.15) is 18.4 Å². The standard InChI is InChI=1S/C24H25FN4O3/c1-31-22-12-20(25)5-2-18(22)15-29-23(30)28(16-24(29)8-10-32-11-9-24)21-6-3-17(4-7-21)19-13-26-27-14-19/h2-7,12-14H,8-11,15-16H2,1H3,(H,26,27). The van der Waals surface area contributed by atoms with Gasteiger partial charge in [0.1, 0.15) is 11.6 Å². The third-order valence-corrected chi connectivity index (χ3v) is 6.50. The highest BCUT2D eigenvalue weighted by atomic mass is 19.1. The van der Waals surface area contributed by atoms with E-state index in [2.05, 4.69) is 10.2 Å². The van der Waals surface area contributed by atoms with E-state index in [1.807, 2.05) is 40.3 Å². The normalized spacial score (nSPS) is 17.9. The second-order valence-corrected chi connectivity index (χ2v) is 8.28. The van der Waals surface area contributed by atoms with Gasteiger partial charge in [-0.1, -0.05) is 18.2 Å². The molecule has 2 aromatic carbocycles. The van der Waals surface area contributed by atoms with Gasteiger partial charge in [-0.2, -0.15) is 5.10 Å². The number of nitrogens with zero attached hydrogens (tertiary/aromatic N) is 3. The molecule has 2 aliphatic heterocycles. The quantitative estimate of drug-likeness (QED) is 0.650. The van der Waals surface area contributed by atoms with Gasteiger partial charge in [0.25, 0.3) is 0 Å². The van der Waals surface area contributed by atoms with Crippen LogP contribution in [-0.4, -0.2) is 53.5 Å². The van der Waals surface area contributed by atoms with Gasteiger partial charge in [0.2, 0.25) is 0 Å². The molecule has 3 aromatic rings. The molecule has 1 spiro atoms. The molecule has 3 heterocycles. The van der Waals surface area contributed by atoms with E-state index in [9.17, 15) is 9.18 Å². The highest BCUT2D eigenvalue weighted by Gasteiger charge is 2.50. The van der Waals surface area contributed by atoms with Gasteiger partial charge in [0, 0.05) is 42.3 Å². The van der Waals surface area contributed by atoms with E-state index in [1.165, 1.54) is 19.2 Å². The van der Waals surface area contributed by atoms with Crippen molar-refractivity contribution >= 4 is 11.7 Å². The summed E-state index contributed by atoms with van der Waals surface area (Å²) in [6.45, 7) is 2.16. The number of aromatic amines is 1. The summed E-state index contributed by atoms with van der Waals surface area (Å²) < 4.78 is 24.7. The first kappa shape index (κ1) is 20.5. The molecule has 1 aromatic heterocycles. The molecule has 2 aliphatic rings. The number of amides is 2. The number of carbonyl (C=O) groups excluding carboxylic acids is 1. The molecule has 2 saturated heterocycles. The highest BCUT2D eigenvalue weighted by Crippen LogP contribution is 2.40. The van der Waals surface area contributed by atoms with Crippen molar-refractivity contribution in [3.63, 3.8) is 0 Å². The minimum atomic E-state index is -0.363. The average Bonchev–Trinajstić information content (AvgIpc) is 3.44. The lowest BCUT2D eigenvalue weighted by atomic mass is 9.88. The molecule has 32 heavy (non-hydrogen) atoms. The molecule has 0 radical (unpaired) electrons. The number of rotatable bonds is 5. The van der Waals surface area contributed by atoms with Crippen molar-refractivity contribution in [1.29, 1.82) is 0 Å². The van der Waals surface area contributed by atoms with Crippen LogP contribution < -0.4 is 9.64 Å². The minimum Gasteiger partial charge on any atom is -0.496 e. The van der Waals surface area contributed by atoms with Gasteiger partial charge in [0.05, 0.1) is 31.9 Å². The van der Waals surface area contributed by atoms with E-state index in [-0.39, 0.29) is 17.4 Å². The third-order valence-electron chi connectivity index (χ3n) is 6.50. The SMILES string of the molecule is COc1cc(F)ccc1CN1C(=O)N(c2ccc(-c3cn[nH]c3)cc2)CC12CCOCC2. The lowest BCUT2D eigenvalue weighted by Gasteiger charge is -2.40. The number of hydrogen-bond donors (Lipinski definition) is 1. The molecule has 8 heteroatoms. The lowest BCUT2D eigenvalue weighted by Crippen LogP contribution is -2.50. The molecule has 0 saturated carbocycles. The van der Waals surface area contributed by atoms with Crippen LogP contribution >= 0.6 is 0 Å². The van der Waals surface area contributed by atoms with E-state index >= 15 is 0 Å². The maximum atomic E-state index is 13.7. The summed E-state index contributed by atoms with van der Waals surface area (Å²) in [7, 11) is 1.52. The molecule has 2 amide bonds. The molecule has 0 aliphatic carbocycles. The predicted molar refractivity (Wildman–Crippen MR) is 118 cm³/mol. The summed E-state index contributed by atoms with van der Waals surface area (Å²) in [6.07, 6.45) is 5.12. The van der Waals surface area contributed by atoms with Crippen LogP contribution in [0.2, 0.25) is 0 Å². The Morgan fingerprint density at radius 1 is 1.16 bits per heavy atom. The molecule has 0 unspecified atom stereocenters. The maximum absolute atomic E-state index is 13.7. The van der Waals surface area contributed by atoms with Gasteiger partial charge in [-0.05, 0) is 36.6 Å². The summed E-state index contributed by atoms with van der Waals surface area (Å²) in [5.41, 5.74) is 3.32. The second-order valence-electron chi connectivity index (χ2n) is 8.28. The lowest BCUT2D eigenvalue weighted by molar-refractivity contribution is 0.00595. The van der Waals surface area contributed by atoms with Crippen molar-refractivity contribution < 1.29 is 18.7 Å². The Balaban J connectivity index is 1.46. The van der Waals surface area contributed by atoms with Crippen LogP contribution in [0.15, 0.2) is 54.9 Å². The van der Waals surface area contributed by atoms with Crippen LogP contribution in [0.5, 0.6) is 5.75 Å². The summed E-state index contributed by atoms with van der Waals surface area (Å²) >= 11 is 0. The first-order chi connectivity index (χ1) is 15.6. The fourth-order valence-corrected chi connectivity index (χ4v) is 4.67. The second kappa shape index (κ2) is 8.27. The number of carbonyl (C=O) groups is 1. The minimum absolute atomic E-state index is 0.0608. The molecule has 7 nitrogen and oxygen atoms in total. The molecule has 1 N–H and O–H groups in total. The molecule has 0 bridgehead atoms. The highest BCUT2D eigenvalue weighted by molar-refractivity contribution is 5.95. The topological polar surface area (TPSA) is 70.7 Å². The van der Waals surface area contributed by atoms with Crippen molar-refractivity contribution in [2.75, 3.05) is 31.8 Å². The van der Waals surface area contributed by atoms with E-state index in [4.69, 9.17) is 9.47 Å². The van der Waals surface area contributed by atoms with E-state index in [1.54, 1.807) is 12.3 Å². The van der Waals surface area contributed by atoms with Crippen LogP contribution in [0, 0.1) is 5.82 Å². The van der Waals surface area contributed by atoms with Gasteiger partial charge in [-0.3, -0.25) is 10.00 Å². The zero-order valence-corrected chi connectivity index (χ0v) is 17.9. The molecule has 166 valence electrons. The van der Waals surface area contributed by atoms with Gasteiger partial charge in [-0.15, -0.1) is 0 Å². The molecule has 2 fully saturated rings.